The lowest BCUT2D eigenvalue weighted by Gasteiger charge is -2.15. The molecule has 0 saturated carbocycles. The predicted molar refractivity (Wildman–Crippen MR) is 115 cm³/mol. The van der Waals surface area contributed by atoms with Crippen molar-refractivity contribution >= 4 is 45.8 Å². The lowest BCUT2D eigenvalue weighted by atomic mass is 10.2. The number of aliphatic hydroxyl groups is 1. The van der Waals surface area contributed by atoms with Crippen LogP contribution < -0.4 is 5.32 Å². The van der Waals surface area contributed by atoms with Crippen molar-refractivity contribution in [2.45, 2.75) is 18.1 Å². The number of carbonyl (C=O) groups excluding carboxylic acids is 2. The van der Waals surface area contributed by atoms with Gasteiger partial charge in [0.15, 0.2) is 5.17 Å². The summed E-state index contributed by atoms with van der Waals surface area (Å²) in [4.78, 5) is 41.6. The second-order valence-electron chi connectivity index (χ2n) is 6.46. The fourth-order valence-electron chi connectivity index (χ4n) is 2.85. The molecule has 2 aromatic carbocycles. The van der Waals surface area contributed by atoms with Gasteiger partial charge in [0.25, 0.3) is 5.69 Å². The number of anilines is 1. The summed E-state index contributed by atoms with van der Waals surface area (Å²) in [5.41, 5.74) is 0.843. The minimum atomic E-state index is -0.662. The summed E-state index contributed by atoms with van der Waals surface area (Å²) in [7, 11) is 0. The predicted octanol–water partition coefficient (Wildman–Crippen LogP) is 2.94. The lowest BCUT2D eigenvalue weighted by Crippen LogP contribution is -2.34. The largest absolute Gasteiger partial charge is 0.396 e. The maximum absolute atomic E-state index is 12.8. The summed E-state index contributed by atoms with van der Waals surface area (Å²) in [5.74, 6) is -0.679. The molecule has 0 aliphatic carbocycles. The first kappa shape index (κ1) is 21.5. The van der Waals surface area contributed by atoms with Gasteiger partial charge < -0.3 is 10.4 Å². The van der Waals surface area contributed by atoms with E-state index in [4.69, 9.17) is 5.11 Å². The quantitative estimate of drug-likeness (QED) is 0.492. The maximum Gasteiger partial charge on any atom is 0.271 e. The number of para-hydroxylation sites is 1. The van der Waals surface area contributed by atoms with Crippen molar-refractivity contribution in [1.82, 2.24) is 4.90 Å². The van der Waals surface area contributed by atoms with Gasteiger partial charge in [0.2, 0.25) is 11.8 Å². The van der Waals surface area contributed by atoms with Crippen LogP contribution in [-0.2, 0) is 9.59 Å². The Morgan fingerprint density at radius 2 is 2.00 bits per heavy atom. The van der Waals surface area contributed by atoms with E-state index in [0.29, 0.717) is 29.5 Å². The molecule has 1 heterocycles. The third-order valence-electron chi connectivity index (χ3n) is 4.25. The molecular weight excluding hydrogens is 408 g/mol. The number of hydrogen-bond donors (Lipinski definition) is 2. The van der Waals surface area contributed by atoms with Crippen molar-refractivity contribution in [1.29, 1.82) is 0 Å². The molecule has 10 heteroatoms. The van der Waals surface area contributed by atoms with Crippen molar-refractivity contribution in [3.8, 4) is 0 Å². The average Bonchev–Trinajstić information content (AvgIpc) is 3.01. The summed E-state index contributed by atoms with van der Waals surface area (Å²) in [6, 6.07) is 14.8. The fraction of sp³-hybridized carbons (Fsp3) is 0.250. The van der Waals surface area contributed by atoms with Crippen molar-refractivity contribution in [3.63, 3.8) is 0 Å². The first-order valence-electron chi connectivity index (χ1n) is 9.25. The van der Waals surface area contributed by atoms with E-state index in [1.54, 1.807) is 6.07 Å². The number of amidine groups is 1. The van der Waals surface area contributed by atoms with Crippen molar-refractivity contribution < 1.29 is 19.6 Å². The molecule has 2 N–H and O–H groups in total. The smallest absolute Gasteiger partial charge is 0.271 e. The molecule has 1 aliphatic rings. The zero-order chi connectivity index (χ0) is 21.5. The van der Waals surface area contributed by atoms with Crippen LogP contribution in [0.3, 0.4) is 0 Å². The molecule has 3 rings (SSSR count). The second-order valence-corrected chi connectivity index (χ2v) is 7.63. The Bertz CT molecular complexity index is 967. The molecule has 9 nitrogen and oxygen atoms in total. The minimum absolute atomic E-state index is 0.0645. The zero-order valence-electron chi connectivity index (χ0n) is 15.9. The summed E-state index contributed by atoms with van der Waals surface area (Å²) in [6.07, 6.45) is 0.294. The summed E-state index contributed by atoms with van der Waals surface area (Å²) in [6.45, 7) is 0.238. The van der Waals surface area contributed by atoms with Crippen LogP contribution in [0.1, 0.15) is 12.8 Å². The molecule has 0 aromatic heterocycles. The van der Waals surface area contributed by atoms with Gasteiger partial charge in [-0.3, -0.25) is 24.6 Å². The van der Waals surface area contributed by atoms with Crippen LogP contribution in [0.5, 0.6) is 0 Å². The number of nitro groups is 1. The number of nitro benzene ring substituents is 1. The lowest BCUT2D eigenvalue weighted by molar-refractivity contribution is -0.384. The Morgan fingerprint density at radius 1 is 1.23 bits per heavy atom. The number of thioether (sulfide) groups is 1. The van der Waals surface area contributed by atoms with E-state index in [1.165, 1.54) is 34.9 Å². The van der Waals surface area contributed by atoms with E-state index < -0.39 is 16.1 Å². The van der Waals surface area contributed by atoms with Crippen LogP contribution in [0.2, 0.25) is 0 Å². The van der Waals surface area contributed by atoms with Crippen LogP contribution in [-0.4, -0.2) is 50.3 Å². The van der Waals surface area contributed by atoms with E-state index in [0.717, 1.165) is 0 Å². The van der Waals surface area contributed by atoms with Crippen LogP contribution in [0.4, 0.5) is 17.1 Å². The van der Waals surface area contributed by atoms with Gasteiger partial charge in [-0.1, -0.05) is 36.0 Å². The summed E-state index contributed by atoms with van der Waals surface area (Å²) < 4.78 is 0. The summed E-state index contributed by atoms with van der Waals surface area (Å²) in [5, 5.41) is 22.4. The summed E-state index contributed by atoms with van der Waals surface area (Å²) >= 11 is 1.19. The van der Waals surface area contributed by atoms with Crippen LogP contribution in [0.25, 0.3) is 0 Å². The topological polar surface area (TPSA) is 125 Å². The number of nitrogens with one attached hydrogen (secondary N) is 1. The van der Waals surface area contributed by atoms with Crippen molar-refractivity contribution in [3.05, 3.63) is 64.7 Å². The highest BCUT2D eigenvalue weighted by Crippen LogP contribution is 2.32. The molecule has 0 radical (unpaired) electrons. The minimum Gasteiger partial charge on any atom is -0.396 e. The average molecular weight is 428 g/mol. The zero-order valence-corrected chi connectivity index (χ0v) is 16.7. The molecule has 0 spiro atoms. The van der Waals surface area contributed by atoms with Gasteiger partial charge in [0.05, 0.1) is 10.6 Å². The van der Waals surface area contributed by atoms with Gasteiger partial charge in [-0.2, -0.15) is 0 Å². The van der Waals surface area contributed by atoms with Gasteiger partial charge in [-0.25, -0.2) is 4.99 Å². The SMILES string of the molecule is O=C(CC1SC(=Nc2ccccc2)N(CCCO)C1=O)Nc1cccc([N+](=O)[O-])c1. The Morgan fingerprint density at radius 3 is 2.70 bits per heavy atom. The van der Waals surface area contributed by atoms with Crippen LogP contribution in [0.15, 0.2) is 59.6 Å². The fourth-order valence-corrected chi connectivity index (χ4v) is 4.03. The van der Waals surface area contributed by atoms with Gasteiger partial charge in [0.1, 0.15) is 5.25 Å². The normalized spacial score (nSPS) is 17.4. The number of benzene rings is 2. The second kappa shape index (κ2) is 9.99. The van der Waals surface area contributed by atoms with Gasteiger partial charge in [-0.05, 0) is 24.6 Å². The standard InChI is InChI=1S/C20H20N4O5S/c25-11-5-10-23-19(27)17(30-20(23)22-14-6-2-1-3-7-14)13-18(26)21-15-8-4-9-16(12-15)24(28)29/h1-4,6-9,12,17,25H,5,10-11,13H2,(H,21,26). The van der Waals surface area contributed by atoms with Crippen LogP contribution >= 0.6 is 11.8 Å². The number of nitrogens with zero attached hydrogens (tertiary/aromatic N) is 3. The molecule has 1 fully saturated rings. The van der Waals surface area contributed by atoms with Gasteiger partial charge >= 0.3 is 0 Å². The molecule has 1 unspecified atom stereocenters. The number of amides is 2. The first-order valence-corrected chi connectivity index (χ1v) is 10.1. The Labute approximate surface area is 177 Å². The van der Waals surface area contributed by atoms with E-state index >= 15 is 0 Å². The maximum atomic E-state index is 12.8. The van der Waals surface area contributed by atoms with E-state index in [9.17, 15) is 19.7 Å². The number of hydrogen-bond acceptors (Lipinski definition) is 7. The molecule has 30 heavy (non-hydrogen) atoms. The molecule has 156 valence electrons. The Balaban J connectivity index is 1.71. The molecule has 2 amide bonds. The highest BCUT2D eigenvalue weighted by Gasteiger charge is 2.38. The number of aliphatic imine (C=N–C) groups is 1. The highest BCUT2D eigenvalue weighted by atomic mass is 32.2. The molecule has 1 saturated heterocycles. The monoisotopic (exact) mass is 428 g/mol. The number of carbonyl (C=O) groups is 2. The molecular formula is C20H20N4O5S. The van der Waals surface area contributed by atoms with Gasteiger partial charge in [-0.15, -0.1) is 0 Å². The van der Waals surface area contributed by atoms with E-state index in [-0.39, 0.29) is 24.6 Å². The van der Waals surface area contributed by atoms with E-state index in [2.05, 4.69) is 10.3 Å². The molecule has 0 bridgehead atoms. The van der Waals surface area contributed by atoms with Crippen molar-refractivity contribution in [2.24, 2.45) is 4.99 Å². The highest BCUT2D eigenvalue weighted by molar-refractivity contribution is 8.15. The number of non-ortho nitro benzene ring substituents is 1. The van der Waals surface area contributed by atoms with Crippen LogP contribution in [0, 0.1) is 10.1 Å². The van der Waals surface area contributed by atoms with E-state index in [1.807, 2.05) is 30.3 Å². The Kier molecular flexibility index (Phi) is 7.15. The Hall–Kier alpha value is -3.24. The first-order chi connectivity index (χ1) is 14.5. The molecule has 2 aromatic rings. The molecule has 1 aliphatic heterocycles. The van der Waals surface area contributed by atoms with Crippen molar-refractivity contribution in [2.75, 3.05) is 18.5 Å². The third kappa shape index (κ3) is 5.43. The van der Waals surface area contributed by atoms with Gasteiger partial charge in [0, 0.05) is 37.4 Å². The third-order valence-corrected chi connectivity index (χ3v) is 5.43. The number of rotatable bonds is 8. The number of aliphatic hydroxyl groups excluding tert-OH is 1. The molecule has 1 atom stereocenters.